The molecule has 2 fully saturated rings. The number of nitrogen functional groups attached to an aromatic ring is 1. The zero-order chi connectivity index (χ0) is 28.6. The van der Waals surface area contributed by atoms with E-state index in [0.29, 0.717) is 60.6 Å². The van der Waals surface area contributed by atoms with Crippen LogP contribution in [0.2, 0.25) is 0 Å². The molecular weight excluding hydrogens is 508 g/mol. The number of benzene rings is 1. The monoisotopic (exact) mass is 546 g/mol. The van der Waals surface area contributed by atoms with E-state index < -0.39 is 11.2 Å². The minimum atomic E-state index is -1.24. The first-order valence-electron chi connectivity index (χ1n) is 14.2. The Morgan fingerprint density at radius 2 is 1.93 bits per heavy atom. The first kappa shape index (κ1) is 26.7. The Morgan fingerprint density at radius 1 is 1.23 bits per heavy atom. The van der Waals surface area contributed by atoms with Crippen molar-refractivity contribution in [3.05, 3.63) is 46.6 Å². The molecule has 0 unspecified atom stereocenters. The first-order chi connectivity index (χ1) is 18.8. The predicted molar refractivity (Wildman–Crippen MR) is 150 cm³/mol. The number of hydrogen-bond acceptors (Lipinski definition) is 7. The number of hydrogen-bond donors (Lipinski definition) is 4. The fraction of sp³-hybridized carbons (Fsp3) is 0.533. The van der Waals surface area contributed by atoms with Gasteiger partial charge >= 0.3 is 0 Å². The van der Waals surface area contributed by atoms with Gasteiger partial charge in [-0.05, 0) is 101 Å². The summed E-state index contributed by atoms with van der Waals surface area (Å²) in [6.07, 6.45) is 6.59. The Hall–Kier alpha value is -3.50. The minimum Gasteiger partial charge on any atom is -0.390 e. The van der Waals surface area contributed by atoms with E-state index in [9.17, 15) is 19.8 Å². The highest BCUT2D eigenvalue weighted by Gasteiger charge is 2.41. The zero-order valence-electron chi connectivity index (χ0n) is 23.6. The van der Waals surface area contributed by atoms with Crippen LogP contribution in [0.4, 0.5) is 5.82 Å². The van der Waals surface area contributed by atoms with E-state index in [1.807, 2.05) is 24.0 Å². The summed E-state index contributed by atoms with van der Waals surface area (Å²) in [7, 11) is 0. The van der Waals surface area contributed by atoms with Gasteiger partial charge in [-0.3, -0.25) is 9.59 Å². The van der Waals surface area contributed by atoms with Crippen molar-refractivity contribution in [2.24, 2.45) is 5.92 Å². The molecule has 2 saturated carbocycles. The summed E-state index contributed by atoms with van der Waals surface area (Å²) < 4.78 is 1.49. The maximum absolute atomic E-state index is 13.5. The van der Waals surface area contributed by atoms with Gasteiger partial charge < -0.3 is 26.2 Å². The lowest BCUT2D eigenvalue weighted by Gasteiger charge is -2.33. The lowest BCUT2D eigenvalue weighted by molar-refractivity contribution is 0.0140. The number of nitrogens with two attached hydrogens (primary N) is 1. The smallest absolute Gasteiger partial charge is 0.259 e. The van der Waals surface area contributed by atoms with E-state index in [2.05, 4.69) is 17.3 Å². The van der Waals surface area contributed by atoms with Crippen molar-refractivity contribution in [2.45, 2.75) is 96.1 Å². The van der Waals surface area contributed by atoms with Crippen LogP contribution >= 0.6 is 0 Å². The van der Waals surface area contributed by atoms with Crippen molar-refractivity contribution in [3.8, 4) is 11.3 Å². The van der Waals surface area contributed by atoms with E-state index in [1.54, 1.807) is 26.1 Å². The first-order valence-corrected chi connectivity index (χ1v) is 14.2. The zero-order valence-corrected chi connectivity index (χ0v) is 23.6. The molecule has 2 aliphatic carbocycles. The van der Waals surface area contributed by atoms with Gasteiger partial charge in [0.15, 0.2) is 11.5 Å². The number of anilines is 1. The van der Waals surface area contributed by atoms with Crippen LogP contribution < -0.4 is 11.1 Å². The number of aromatic nitrogens is 3. The van der Waals surface area contributed by atoms with E-state index >= 15 is 0 Å². The topological polar surface area (TPSA) is 146 Å². The van der Waals surface area contributed by atoms with Crippen LogP contribution in [0.1, 0.15) is 98.1 Å². The molecule has 40 heavy (non-hydrogen) atoms. The second-order valence-corrected chi connectivity index (χ2v) is 12.7. The van der Waals surface area contributed by atoms with Crippen molar-refractivity contribution < 1.29 is 19.8 Å². The highest BCUT2D eigenvalue weighted by atomic mass is 16.3. The Balaban J connectivity index is 1.36. The molecule has 1 atom stereocenters. The van der Waals surface area contributed by atoms with Gasteiger partial charge in [0.2, 0.25) is 0 Å². The summed E-state index contributed by atoms with van der Waals surface area (Å²) in [6.45, 7) is 7.80. The molecule has 3 aliphatic rings. The number of carbonyl (C=O) groups is 2. The molecule has 2 amide bonds. The van der Waals surface area contributed by atoms with Crippen LogP contribution in [0.15, 0.2) is 24.4 Å². The standard InChI is InChI=1S/C30H38N6O4/c1-16(17-5-6-17)35-15-19-13-18(14-21(29(2,3)39)23(19)28(35)38)22-9-12-36-26(33-22)24(25(31)34-36)27(37)32-20-7-10-30(4,40)11-8-20/h9,12-14,16-17,20,39-40H,5-8,10-11,15H2,1-4H3,(H2,31,34)(H,32,37)/t16-,20?,30?/m0/s1. The molecule has 0 spiro atoms. The van der Waals surface area contributed by atoms with Crippen molar-refractivity contribution in [1.29, 1.82) is 0 Å². The predicted octanol–water partition coefficient (Wildman–Crippen LogP) is 3.38. The molecule has 6 rings (SSSR count). The van der Waals surface area contributed by atoms with Crippen LogP contribution in [-0.2, 0) is 12.1 Å². The Labute approximate surface area is 233 Å². The summed E-state index contributed by atoms with van der Waals surface area (Å²) >= 11 is 0. The van der Waals surface area contributed by atoms with Crippen LogP contribution in [-0.4, -0.2) is 59.2 Å². The number of fused-ring (bicyclic) bond motifs is 2. The maximum atomic E-state index is 13.5. The number of nitrogens with zero attached hydrogens (tertiary/aromatic N) is 4. The van der Waals surface area contributed by atoms with E-state index in [-0.39, 0.29) is 35.3 Å². The number of aliphatic hydroxyl groups is 2. The summed E-state index contributed by atoms with van der Waals surface area (Å²) in [4.78, 5) is 33.5. The lowest BCUT2D eigenvalue weighted by Crippen LogP contribution is -2.42. The van der Waals surface area contributed by atoms with Gasteiger partial charge in [-0.15, -0.1) is 5.10 Å². The minimum absolute atomic E-state index is 0.0340. The maximum Gasteiger partial charge on any atom is 0.259 e. The van der Waals surface area contributed by atoms with Crippen LogP contribution in [0.3, 0.4) is 0 Å². The van der Waals surface area contributed by atoms with Gasteiger partial charge in [0.25, 0.3) is 11.8 Å². The molecule has 0 radical (unpaired) electrons. The normalized spacial score (nSPS) is 23.9. The summed E-state index contributed by atoms with van der Waals surface area (Å²) in [5, 5.41) is 28.7. The van der Waals surface area contributed by atoms with E-state index in [1.165, 1.54) is 4.52 Å². The highest BCUT2D eigenvalue weighted by Crippen LogP contribution is 2.41. The quantitative estimate of drug-likeness (QED) is 0.371. The number of rotatable bonds is 6. The van der Waals surface area contributed by atoms with Crippen molar-refractivity contribution in [3.63, 3.8) is 0 Å². The Kier molecular flexibility index (Phi) is 6.19. The average molecular weight is 547 g/mol. The van der Waals surface area contributed by atoms with Crippen molar-refractivity contribution >= 4 is 23.3 Å². The van der Waals surface area contributed by atoms with E-state index in [4.69, 9.17) is 10.7 Å². The molecule has 10 nitrogen and oxygen atoms in total. The van der Waals surface area contributed by atoms with Gasteiger partial charge in [-0.25, -0.2) is 9.50 Å². The Morgan fingerprint density at radius 3 is 2.58 bits per heavy atom. The molecule has 0 saturated heterocycles. The van der Waals surface area contributed by atoms with Crippen LogP contribution in [0, 0.1) is 5.92 Å². The molecule has 5 N–H and O–H groups in total. The molecule has 1 aliphatic heterocycles. The third kappa shape index (κ3) is 4.73. The second-order valence-electron chi connectivity index (χ2n) is 12.7. The van der Waals surface area contributed by atoms with Crippen molar-refractivity contribution in [1.82, 2.24) is 24.8 Å². The molecule has 0 bridgehead atoms. The second kappa shape index (κ2) is 9.27. The van der Waals surface area contributed by atoms with Gasteiger partial charge in [0.05, 0.1) is 22.5 Å². The molecular formula is C30H38N6O4. The third-order valence-corrected chi connectivity index (χ3v) is 8.92. The lowest BCUT2D eigenvalue weighted by atomic mass is 9.83. The van der Waals surface area contributed by atoms with Gasteiger partial charge in [-0.1, -0.05) is 0 Å². The highest BCUT2D eigenvalue weighted by molar-refractivity contribution is 6.04. The largest absolute Gasteiger partial charge is 0.390 e. The molecule has 3 heterocycles. The molecule has 3 aromatic rings. The average Bonchev–Trinajstić information content (AvgIpc) is 3.61. The van der Waals surface area contributed by atoms with E-state index in [0.717, 1.165) is 24.0 Å². The van der Waals surface area contributed by atoms with Gasteiger partial charge in [0.1, 0.15) is 5.56 Å². The summed E-state index contributed by atoms with van der Waals surface area (Å²) in [5.74, 6) is 0.246. The fourth-order valence-electron chi connectivity index (χ4n) is 6.24. The SMILES string of the molecule is C[C@@H](C1CC1)N1Cc2cc(-c3ccn4nc(N)c(C(=O)NC5CCC(C)(O)CC5)c4n3)cc(C(C)(C)O)c2C1=O. The summed E-state index contributed by atoms with van der Waals surface area (Å²) in [6, 6.07) is 5.68. The van der Waals surface area contributed by atoms with Crippen molar-refractivity contribution in [2.75, 3.05) is 5.73 Å². The van der Waals surface area contributed by atoms with Crippen LogP contribution in [0.25, 0.3) is 16.9 Å². The third-order valence-electron chi connectivity index (χ3n) is 8.92. The van der Waals surface area contributed by atoms with Gasteiger partial charge in [0, 0.05) is 30.4 Å². The number of amides is 2. The molecule has 2 aromatic heterocycles. The Bertz CT molecular complexity index is 1510. The van der Waals surface area contributed by atoms with Gasteiger partial charge in [-0.2, -0.15) is 0 Å². The fourth-order valence-corrected chi connectivity index (χ4v) is 6.24. The molecule has 10 heteroatoms. The number of nitrogens with one attached hydrogen (secondary N) is 1. The molecule has 1 aromatic carbocycles. The summed E-state index contributed by atoms with van der Waals surface area (Å²) in [5.41, 5.74) is 8.13. The molecule has 212 valence electrons. The van der Waals surface area contributed by atoms with Crippen LogP contribution in [0.5, 0.6) is 0 Å². The number of carbonyl (C=O) groups excluding carboxylic acids is 2.